The third-order valence-corrected chi connectivity index (χ3v) is 3.17. The summed E-state index contributed by atoms with van der Waals surface area (Å²) in [5.41, 5.74) is 1.80. The zero-order valence-electron chi connectivity index (χ0n) is 8.80. The van der Waals surface area contributed by atoms with Crippen molar-refractivity contribution in [3.63, 3.8) is 0 Å². The van der Waals surface area contributed by atoms with Crippen LogP contribution in [0, 0.1) is 6.92 Å². The summed E-state index contributed by atoms with van der Waals surface area (Å²) in [6.07, 6.45) is 4.78. The molecule has 5 heteroatoms. The maximum Gasteiger partial charge on any atom is 0.187 e. The molecule has 1 N–H and O–H groups in total. The molecule has 0 spiro atoms. The molecular weight excluding hydrogens is 222 g/mol. The molecule has 0 amide bonds. The lowest BCUT2D eigenvalue weighted by atomic mass is 10.3. The number of hydrogen-bond acceptors (Lipinski definition) is 5. The summed E-state index contributed by atoms with van der Waals surface area (Å²) in [7, 11) is 0. The predicted octanol–water partition coefficient (Wildman–Crippen LogP) is 2.33. The van der Waals surface area contributed by atoms with Gasteiger partial charge in [-0.05, 0) is 19.1 Å². The number of rotatable bonds is 4. The Morgan fingerprint density at radius 2 is 2.44 bits per heavy atom. The van der Waals surface area contributed by atoms with E-state index in [9.17, 15) is 4.79 Å². The summed E-state index contributed by atoms with van der Waals surface area (Å²) in [5.74, 6) is 0. The molecule has 16 heavy (non-hydrogen) atoms. The second kappa shape index (κ2) is 4.85. The Bertz CT molecular complexity index is 481. The average Bonchev–Trinajstić information content (AvgIpc) is 2.61. The van der Waals surface area contributed by atoms with Crippen LogP contribution in [0.1, 0.15) is 10.6 Å². The van der Waals surface area contributed by atoms with Gasteiger partial charge in [0.2, 0.25) is 0 Å². The highest BCUT2D eigenvalue weighted by Gasteiger charge is 2.06. The minimum Gasteiger partial charge on any atom is -0.330 e. The number of carbonyl (C=O) groups is 1. The van der Waals surface area contributed by atoms with E-state index in [-0.39, 0.29) is 0 Å². The Hall–Kier alpha value is -1.75. The fourth-order valence-corrected chi connectivity index (χ4v) is 2.24. The van der Waals surface area contributed by atoms with Crippen LogP contribution in [0.5, 0.6) is 0 Å². The summed E-state index contributed by atoms with van der Waals surface area (Å²) in [4.78, 5) is 19.8. The van der Waals surface area contributed by atoms with Gasteiger partial charge in [-0.15, -0.1) is 11.3 Å². The first-order valence-corrected chi connectivity index (χ1v) is 5.68. The Morgan fingerprint density at radius 1 is 1.56 bits per heavy atom. The van der Waals surface area contributed by atoms with Crippen LogP contribution in [0.2, 0.25) is 0 Å². The number of pyridine rings is 1. The van der Waals surface area contributed by atoms with Crippen molar-refractivity contribution in [3.8, 4) is 0 Å². The molecule has 82 valence electrons. The highest BCUT2D eigenvalue weighted by molar-refractivity contribution is 7.15. The third-order valence-electron chi connectivity index (χ3n) is 2.07. The Labute approximate surface area is 97.4 Å². The SMILES string of the molecule is Cc1nc(Nc2cccnc2)sc1CC=O. The predicted molar refractivity (Wildman–Crippen MR) is 64.1 cm³/mol. The third kappa shape index (κ3) is 2.43. The van der Waals surface area contributed by atoms with E-state index in [4.69, 9.17) is 0 Å². The zero-order valence-corrected chi connectivity index (χ0v) is 9.62. The summed E-state index contributed by atoms with van der Waals surface area (Å²) >= 11 is 1.50. The Morgan fingerprint density at radius 3 is 3.12 bits per heavy atom. The minimum atomic E-state index is 0.429. The second-order valence-corrected chi connectivity index (χ2v) is 4.35. The molecule has 0 saturated carbocycles. The number of aromatic nitrogens is 2. The number of aryl methyl sites for hydroxylation is 1. The van der Waals surface area contributed by atoms with E-state index in [1.807, 2.05) is 19.1 Å². The first-order chi connectivity index (χ1) is 7.79. The maximum atomic E-state index is 10.4. The zero-order chi connectivity index (χ0) is 11.4. The van der Waals surface area contributed by atoms with Crippen molar-refractivity contribution >= 4 is 28.4 Å². The van der Waals surface area contributed by atoms with Crippen molar-refractivity contribution in [1.82, 2.24) is 9.97 Å². The van der Waals surface area contributed by atoms with Gasteiger partial charge in [-0.2, -0.15) is 0 Å². The van der Waals surface area contributed by atoms with Gasteiger partial charge in [-0.3, -0.25) is 4.98 Å². The second-order valence-electron chi connectivity index (χ2n) is 3.27. The first-order valence-electron chi connectivity index (χ1n) is 4.86. The number of thiazole rings is 1. The molecule has 0 aromatic carbocycles. The van der Waals surface area contributed by atoms with Gasteiger partial charge in [-0.1, -0.05) is 0 Å². The lowest BCUT2D eigenvalue weighted by Gasteiger charge is -1.99. The molecule has 0 aliphatic carbocycles. The molecule has 0 atom stereocenters. The van der Waals surface area contributed by atoms with E-state index >= 15 is 0 Å². The number of aldehydes is 1. The molecule has 0 fully saturated rings. The fourth-order valence-electron chi connectivity index (χ4n) is 1.31. The summed E-state index contributed by atoms with van der Waals surface area (Å²) in [6, 6.07) is 3.78. The van der Waals surface area contributed by atoms with Gasteiger partial charge in [0, 0.05) is 17.5 Å². The van der Waals surface area contributed by atoms with Crippen LogP contribution in [0.25, 0.3) is 0 Å². The topological polar surface area (TPSA) is 54.9 Å². The number of carbonyl (C=O) groups excluding carboxylic acids is 1. The maximum absolute atomic E-state index is 10.4. The fraction of sp³-hybridized carbons (Fsp3) is 0.182. The van der Waals surface area contributed by atoms with Crippen LogP contribution < -0.4 is 5.32 Å². The normalized spacial score (nSPS) is 10.1. The van der Waals surface area contributed by atoms with Gasteiger partial charge >= 0.3 is 0 Å². The molecule has 0 aliphatic heterocycles. The lowest BCUT2D eigenvalue weighted by Crippen LogP contribution is -1.89. The molecular formula is C11H11N3OS. The Balaban J connectivity index is 2.16. The van der Waals surface area contributed by atoms with Crippen LogP contribution in [0.3, 0.4) is 0 Å². The molecule has 0 radical (unpaired) electrons. The van der Waals surface area contributed by atoms with E-state index in [2.05, 4.69) is 15.3 Å². The standard InChI is InChI=1S/C11H11N3OS/c1-8-10(4-6-15)16-11(13-8)14-9-3-2-5-12-7-9/h2-3,5-7H,4H2,1H3,(H,13,14). The van der Waals surface area contributed by atoms with Gasteiger partial charge in [-0.25, -0.2) is 4.98 Å². The van der Waals surface area contributed by atoms with Crippen LogP contribution in [0.15, 0.2) is 24.5 Å². The van der Waals surface area contributed by atoms with E-state index in [0.717, 1.165) is 27.7 Å². The van der Waals surface area contributed by atoms with E-state index in [1.165, 1.54) is 11.3 Å². The van der Waals surface area contributed by atoms with Crippen LogP contribution in [-0.2, 0) is 11.2 Å². The summed E-state index contributed by atoms with van der Waals surface area (Å²) in [5, 5.41) is 3.95. The van der Waals surface area contributed by atoms with Crippen molar-refractivity contribution in [2.24, 2.45) is 0 Å². The number of nitrogens with one attached hydrogen (secondary N) is 1. The molecule has 2 rings (SSSR count). The molecule has 2 heterocycles. The van der Waals surface area contributed by atoms with Gasteiger partial charge in [0.15, 0.2) is 5.13 Å². The van der Waals surface area contributed by atoms with E-state index in [1.54, 1.807) is 12.4 Å². The Kier molecular flexibility index (Phi) is 3.26. The highest BCUT2D eigenvalue weighted by atomic mass is 32.1. The van der Waals surface area contributed by atoms with Crippen LogP contribution in [-0.4, -0.2) is 16.3 Å². The highest BCUT2D eigenvalue weighted by Crippen LogP contribution is 2.25. The summed E-state index contributed by atoms with van der Waals surface area (Å²) < 4.78 is 0. The van der Waals surface area contributed by atoms with Crippen molar-refractivity contribution in [2.45, 2.75) is 13.3 Å². The monoisotopic (exact) mass is 233 g/mol. The van der Waals surface area contributed by atoms with E-state index in [0.29, 0.717) is 6.42 Å². The molecule has 0 saturated heterocycles. The average molecular weight is 233 g/mol. The summed E-state index contributed by atoms with van der Waals surface area (Å²) in [6.45, 7) is 1.91. The quantitative estimate of drug-likeness (QED) is 0.823. The lowest BCUT2D eigenvalue weighted by molar-refractivity contribution is -0.107. The molecule has 4 nitrogen and oxygen atoms in total. The molecule has 2 aromatic rings. The van der Waals surface area contributed by atoms with Gasteiger partial charge in [0.1, 0.15) is 6.29 Å². The molecule has 0 aliphatic rings. The largest absolute Gasteiger partial charge is 0.330 e. The van der Waals surface area contributed by atoms with Crippen molar-refractivity contribution in [3.05, 3.63) is 35.1 Å². The molecule has 0 unspecified atom stereocenters. The van der Waals surface area contributed by atoms with Crippen molar-refractivity contribution in [2.75, 3.05) is 5.32 Å². The molecule has 2 aromatic heterocycles. The van der Waals surface area contributed by atoms with E-state index < -0.39 is 0 Å². The number of nitrogens with zero attached hydrogens (tertiary/aromatic N) is 2. The van der Waals surface area contributed by atoms with Crippen molar-refractivity contribution in [1.29, 1.82) is 0 Å². The van der Waals surface area contributed by atoms with Gasteiger partial charge < -0.3 is 10.1 Å². The minimum absolute atomic E-state index is 0.429. The number of anilines is 2. The number of hydrogen-bond donors (Lipinski definition) is 1. The smallest absolute Gasteiger partial charge is 0.187 e. The molecule has 0 bridgehead atoms. The first kappa shape index (κ1) is 10.8. The van der Waals surface area contributed by atoms with Crippen LogP contribution >= 0.6 is 11.3 Å². The van der Waals surface area contributed by atoms with Crippen LogP contribution in [0.4, 0.5) is 10.8 Å². The van der Waals surface area contributed by atoms with Gasteiger partial charge in [0.25, 0.3) is 0 Å². The van der Waals surface area contributed by atoms with Gasteiger partial charge in [0.05, 0.1) is 17.6 Å². The van der Waals surface area contributed by atoms with Crippen molar-refractivity contribution < 1.29 is 4.79 Å².